The molecule has 0 saturated carbocycles. The van der Waals surface area contributed by atoms with Crippen molar-refractivity contribution < 1.29 is 13.2 Å². The van der Waals surface area contributed by atoms with Crippen molar-refractivity contribution in [3.8, 4) is 0 Å². The Balaban J connectivity index is 0.00000289. The minimum atomic E-state index is -3.69. The molecule has 32 heavy (non-hydrogen) atoms. The first kappa shape index (κ1) is 25.9. The number of nitrogens with one attached hydrogen (secondary N) is 2. The van der Waals surface area contributed by atoms with E-state index in [2.05, 4.69) is 33.1 Å². The Bertz CT molecular complexity index is 1030. The summed E-state index contributed by atoms with van der Waals surface area (Å²) in [6.07, 6.45) is 6.59. The van der Waals surface area contributed by atoms with E-state index in [0.717, 1.165) is 50.8 Å². The van der Waals surface area contributed by atoms with Crippen LogP contribution in [-0.4, -0.2) is 90.1 Å². The van der Waals surface area contributed by atoms with Crippen molar-refractivity contribution >= 4 is 73.1 Å². The van der Waals surface area contributed by atoms with Crippen molar-refractivity contribution in [2.45, 2.75) is 51.5 Å². The van der Waals surface area contributed by atoms with E-state index in [9.17, 15) is 13.2 Å². The number of carbonyl (C=O) groups excluding carboxylic acids is 1. The van der Waals surface area contributed by atoms with Crippen molar-refractivity contribution in [2.24, 2.45) is 0 Å². The van der Waals surface area contributed by atoms with Crippen LogP contribution in [-0.2, 0) is 42.3 Å². The van der Waals surface area contributed by atoms with Gasteiger partial charge in [-0.3, -0.25) is 0 Å². The van der Waals surface area contributed by atoms with Crippen LogP contribution >= 0.6 is 0 Å². The Labute approximate surface area is 234 Å². The number of carbonyl (C=O) groups is 1. The second-order valence-electron chi connectivity index (χ2n) is 8.69. The van der Waals surface area contributed by atoms with Gasteiger partial charge in [-0.05, 0) is 86.4 Å². The predicted octanol–water partition coefficient (Wildman–Crippen LogP) is 3.26. The van der Waals surface area contributed by atoms with Crippen LogP contribution in [0, 0.1) is 0 Å². The van der Waals surface area contributed by atoms with E-state index in [1.54, 1.807) is 0 Å². The fourth-order valence-corrected chi connectivity index (χ4v) is 5.74. The zero-order valence-electron chi connectivity index (χ0n) is 19.1. The van der Waals surface area contributed by atoms with Gasteiger partial charge in [0, 0.05) is 63.6 Å². The SMILES string of the molecule is CN(CCCS(=O)(=O)NC(=O)Nc1c2c(cc3c1CCC3)CCC2)Cc1ccccc1.[K]. The van der Waals surface area contributed by atoms with Gasteiger partial charge in [-0.1, -0.05) is 36.4 Å². The van der Waals surface area contributed by atoms with Crippen LogP contribution in [0.2, 0.25) is 0 Å². The molecule has 2 aliphatic rings. The molecule has 0 atom stereocenters. The van der Waals surface area contributed by atoms with E-state index in [1.165, 1.54) is 27.8 Å². The number of amides is 2. The summed E-state index contributed by atoms with van der Waals surface area (Å²) >= 11 is 0. The third-order valence-electron chi connectivity index (χ3n) is 6.21. The van der Waals surface area contributed by atoms with E-state index in [4.69, 9.17) is 0 Å². The number of sulfonamides is 1. The van der Waals surface area contributed by atoms with Crippen LogP contribution in [0.3, 0.4) is 0 Å². The Kier molecular flexibility index (Phi) is 9.38. The molecule has 167 valence electrons. The number of rotatable bonds is 8. The van der Waals surface area contributed by atoms with Crippen molar-refractivity contribution in [3.05, 3.63) is 64.2 Å². The summed E-state index contributed by atoms with van der Waals surface area (Å²) < 4.78 is 27.1. The summed E-state index contributed by atoms with van der Waals surface area (Å²) in [5.41, 5.74) is 7.04. The fourth-order valence-electron chi connectivity index (χ4n) is 4.80. The number of nitrogens with zero attached hydrogens (tertiary/aromatic N) is 1. The number of hydrogen-bond acceptors (Lipinski definition) is 4. The van der Waals surface area contributed by atoms with Gasteiger partial charge in [-0.25, -0.2) is 17.9 Å². The molecule has 0 unspecified atom stereocenters. The second kappa shape index (κ2) is 11.6. The topological polar surface area (TPSA) is 78.5 Å². The maximum Gasteiger partial charge on any atom is 0.332 e. The minimum Gasteiger partial charge on any atom is -0.307 e. The standard InChI is InChI=1S/C24H31N3O3S.K/c1-27(17-18-8-3-2-4-9-18)14-7-15-31(29,30)26-24(28)25-23-21-12-5-10-19(21)16-20-11-6-13-22(20)23;/h2-4,8-9,16H,5-7,10-15,17H2,1H3,(H2,25,26,28);. The van der Waals surface area contributed by atoms with Crippen molar-refractivity contribution in [1.29, 1.82) is 0 Å². The van der Waals surface area contributed by atoms with E-state index in [0.29, 0.717) is 13.0 Å². The molecule has 0 fully saturated rings. The number of anilines is 1. The van der Waals surface area contributed by atoms with Gasteiger partial charge in [-0.15, -0.1) is 0 Å². The molecule has 0 heterocycles. The van der Waals surface area contributed by atoms with Crippen LogP contribution in [0.5, 0.6) is 0 Å². The molecule has 0 aromatic heterocycles. The van der Waals surface area contributed by atoms with Gasteiger partial charge < -0.3 is 10.2 Å². The van der Waals surface area contributed by atoms with Crippen LogP contribution < -0.4 is 10.0 Å². The summed E-state index contributed by atoms with van der Waals surface area (Å²) in [4.78, 5) is 14.6. The summed E-state index contributed by atoms with van der Waals surface area (Å²) in [7, 11) is -1.72. The first-order valence-electron chi connectivity index (χ1n) is 11.1. The number of aryl methyl sites for hydroxylation is 2. The van der Waals surface area contributed by atoms with Crippen LogP contribution in [0.4, 0.5) is 10.5 Å². The molecule has 4 rings (SSSR count). The van der Waals surface area contributed by atoms with Crippen molar-refractivity contribution in [3.63, 3.8) is 0 Å². The van der Waals surface area contributed by atoms with E-state index in [-0.39, 0.29) is 57.1 Å². The zero-order valence-corrected chi connectivity index (χ0v) is 23.1. The second-order valence-corrected chi connectivity index (χ2v) is 10.5. The first-order valence-corrected chi connectivity index (χ1v) is 12.8. The Morgan fingerprint density at radius 2 is 1.62 bits per heavy atom. The van der Waals surface area contributed by atoms with Gasteiger partial charge >= 0.3 is 6.03 Å². The maximum atomic E-state index is 12.6. The van der Waals surface area contributed by atoms with Crippen LogP contribution in [0.25, 0.3) is 0 Å². The number of hydrogen-bond donors (Lipinski definition) is 2. The van der Waals surface area contributed by atoms with Gasteiger partial charge in [0.2, 0.25) is 10.0 Å². The van der Waals surface area contributed by atoms with Crippen LogP contribution in [0.15, 0.2) is 36.4 Å². The Hall–Kier alpha value is -0.744. The molecule has 0 spiro atoms. The van der Waals surface area contributed by atoms with Gasteiger partial charge in [0.05, 0.1) is 5.75 Å². The predicted molar refractivity (Wildman–Crippen MR) is 130 cm³/mol. The van der Waals surface area contributed by atoms with E-state index in [1.807, 2.05) is 25.2 Å². The van der Waals surface area contributed by atoms with E-state index >= 15 is 0 Å². The van der Waals surface area contributed by atoms with Crippen LogP contribution in [0.1, 0.15) is 47.1 Å². The summed E-state index contributed by atoms with van der Waals surface area (Å²) in [5, 5.41) is 2.89. The quantitative estimate of drug-likeness (QED) is 0.569. The average molecular weight is 481 g/mol. The molecule has 0 aliphatic heterocycles. The third-order valence-corrected chi connectivity index (χ3v) is 7.53. The molecule has 0 saturated heterocycles. The summed E-state index contributed by atoms with van der Waals surface area (Å²) in [5.74, 6) is -0.0788. The van der Waals surface area contributed by atoms with E-state index < -0.39 is 16.1 Å². The largest absolute Gasteiger partial charge is 0.332 e. The normalized spacial score (nSPS) is 14.6. The average Bonchev–Trinajstić information content (AvgIpc) is 3.37. The number of benzene rings is 2. The fraction of sp³-hybridized carbons (Fsp3) is 0.458. The Morgan fingerprint density at radius 3 is 2.25 bits per heavy atom. The third kappa shape index (κ3) is 6.65. The molecule has 0 bridgehead atoms. The molecule has 8 heteroatoms. The number of urea groups is 1. The molecule has 6 nitrogen and oxygen atoms in total. The maximum absolute atomic E-state index is 12.6. The molecule has 2 N–H and O–H groups in total. The van der Waals surface area contributed by atoms with Gasteiger partial charge in [-0.2, -0.15) is 0 Å². The van der Waals surface area contributed by atoms with Crippen molar-refractivity contribution in [2.75, 3.05) is 24.7 Å². The monoisotopic (exact) mass is 480 g/mol. The molecule has 2 aliphatic carbocycles. The Morgan fingerprint density at radius 1 is 1.00 bits per heavy atom. The molecular formula is C24H31KN3O3S. The molecule has 2 aromatic rings. The minimum absolute atomic E-state index is 0. The first-order chi connectivity index (χ1) is 14.9. The molecule has 1 radical (unpaired) electrons. The van der Waals surface area contributed by atoms with Gasteiger partial charge in [0.15, 0.2) is 0 Å². The van der Waals surface area contributed by atoms with Gasteiger partial charge in [0.25, 0.3) is 0 Å². The smallest absolute Gasteiger partial charge is 0.307 e. The number of fused-ring (bicyclic) bond motifs is 2. The summed E-state index contributed by atoms with van der Waals surface area (Å²) in [6, 6.07) is 11.7. The molecular weight excluding hydrogens is 449 g/mol. The van der Waals surface area contributed by atoms with Gasteiger partial charge in [0.1, 0.15) is 0 Å². The van der Waals surface area contributed by atoms with Crippen molar-refractivity contribution in [1.82, 2.24) is 9.62 Å². The zero-order chi connectivity index (χ0) is 21.8. The molecule has 2 aromatic carbocycles. The summed E-state index contributed by atoms with van der Waals surface area (Å²) in [6.45, 7) is 1.40. The molecule has 2 amide bonds.